The molecule has 1 atom stereocenters. The van der Waals surface area contributed by atoms with Gasteiger partial charge in [-0.3, -0.25) is 19.2 Å². The predicted molar refractivity (Wildman–Crippen MR) is 216 cm³/mol. The molecule has 4 N–H and O–H groups in total. The minimum atomic E-state index is -4.97. The van der Waals surface area contributed by atoms with Crippen LogP contribution in [0.3, 0.4) is 0 Å². The third-order valence-electron chi connectivity index (χ3n) is 10.3. The smallest absolute Gasteiger partial charge is 0.431 e. The Bertz CT molecular complexity index is 2710. The van der Waals surface area contributed by atoms with E-state index < -0.39 is 82.1 Å². The summed E-state index contributed by atoms with van der Waals surface area (Å²) < 4.78 is 93.7. The maximum Gasteiger partial charge on any atom is 0.431 e. The second kappa shape index (κ2) is 17.6. The van der Waals surface area contributed by atoms with E-state index in [1.165, 1.54) is 0 Å². The number of carbonyl (C=O) groups is 2. The molecule has 0 aliphatic carbocycles. The van der Waals surface area contributed by atoms with Gasteiger partial charge in [-0.1, -0.05) is 78.9 Å². The standard InChI is InChI=1S/C46H38F6N4O6/c1-25-13-15-31-35(20-25)62-36-21-26(2)14-16-32(36)39(31)55-43(59)34-23-30(40(46(50,51)52)56-44(34)60)24-61-19-7-9-27-8-6-12-29(22-27)38(28-10-4-3-5-11-28)54-42(58)33-17-18-37(45(47,48)49)53-41(33)57/h3-6,8,10-18,20-23,38-39H,7,9,19,24H2,1-2H3,(H,53,57)(H,54,58)(H,55,59)(H,56,60). The van der Waals surface area contributed by atoms with E-state index in [0.717, 1.165) is 28.8 Å². The molecule has 2 aromatic heterocycles. The zero-order valence-corrected chi connectivity index (χ0v) is 33.1. The van der Waals surface area contributed by atoms with E-state index >= 15 is 0 Å². The summed E-state index contributed by atoms with van der Waals surface area (Å²) in [5, 5.41) is 5.56. The number of aryl methyl sites for hydroxylation is 3. The minimum Gasteiger partial charge on any atom is -0.457 e. The quantitative estimate of drug-likeness (QED) is 0.0715. The van der Waals surface area contributed by atoms with Crippen molar-refractivity contribution < 1.29 is 45.4 Å². The first kappa shape index (κ1) is 43.2. The van der Waals surface area contributed by atoms with E-state index in [0.29, 0.717) is 52.7 Å². The van der Waals surface area contributed by atoms with Gasteiger partial charge < -0.3 is 30.1 Å². The van der Waals surface area contributed by atoms with Gasteiger partial charge in [0, 0.05) is 23.3 Å². The second-order valence-corrected chi connectivity index (χ2v) is 14.8. The molecule has 2 amide bonds. The van der Waals surface area contributed by atoms with Crippen molar-refractivity contribution in [1.82, 2.24) is 20.6 Å². The Morgan fingerprint density at radius 1 is 0.710 bits per heavy atom. The van der Waals surface area contributed by atoms with Gasteiger partial charge in [0.15, 0.2) is 0 Å². The number of aromatic amines is 2. The molecular weight excluding hydrogens is 819 g/mol. The number of alkyl halides is 6. The largest absolute Gasteiger partial charge is 0.457 e. The van der Waals surface area contributed by atoms with Gasteiger partial charge in [-0.15, -0.1) is 0 Å². The van der Waals surface area contributed by atoms with E-state index in [4.69, 9.17) is 9.47 Å². The summed E-state index contributed by atoms with van der Waals surface area (Å²) in [5.74, 6) is -0.819. The van der Waals surface area contributed by atoms with Crippen LogP contribution >= 0.6 is 0 Å². The molecule has 7 rings (SSSR count). The molecule has 6 aromatic rings. The van der Waals surface area contributed by atoms with E-state index in [1.807, 2.05) is 31.0 Å². The number of hydrogen-bond donors (Lipinski definition) is 4. The topological polar surface area (TPSA) is 142 Å². The molecule has 1 aliphatic rings. The van der Waals surface area contributed by atoms with Crippen molar-refractivity contribution in [2.45, 2.75) is 57.7 Å². The fraction of sp³-hybridized carbons (Fsp3) is 0.217. The van der Waals surface area contributed by atoms with Gasteiger partial charge in [-0.25, -0.2) is 0 Å². The summed E-state index contributed by atoms with van der Waals surface area (Å²) >= 11 is 0. The van der Waals surface area contributed by atoms with Gasteiger partial charge in [-0.2, -0.15) is 26.3 Å². The van der Waals surface area contributed by atoms with Crippen LogP contribution in [0, 0.1) is 13.8 Å². The number of fused-ring (bicyclic) bond motifs is 2. The molecule has 3 heterocycles. The summed E-state index contributed by atoms with van der Waals surface area (Å²) in [4.78, 5) is 56.0. The van der Waals surface area contributed by atoms with E-state index in [-0.39, 0.29) is 6.61 Å². The minimum absolute atomic E-state index is 0.0216. The molecule has 0 fully saturated rings. The van der Waals surface area contributed by atoms with Crippen molar-refractivity contribution in [3.05, 3.63) is 197 Å². The van der Waals surface area contributed by atoms with Crippen LogP contribution in [0.5, 0.6) is 11.5 Å². The average molecular weight is 857 g/mol. The third kappa shape index (κ3) is 9.65. The van der Waals surface area contributed by atoms with Gasteiger partial charge >= 0.3 is 12.4 Å². The van der Waals surface area contributed by atoms with Gasteiger partial charge in [0.2, 0.25) is 0 Å². The number of pyridine rings is 2. The SMILES string of the molecule is Cc1ccc2c(c1)Oc1cc(C)ccc1C2NC(=O)c1cc(COCCCc2cccc(C(NC(=O)c3ccc(C(F)(F)F)[nH]c3=O)c3ccccc3)c2)c(C(F)(F)F)[nH]c1=O. The molecular formula is C46H38F6N4O6. The van der Waals surface area contributed by atoms with Crippen LogP contribution in [-0.2, 0) is 30.1 Å². The number of halogens is 6. The lowest BCUT2D eigenvalue weighted by molar-refractivity contribution is -0.143. The first-order valence-corrected chi connectivity index (χ1v) is 19.3. The Morgan fingerprint density at radius 3 is 1.98 bits per heavy atom. The number of hydrogen-bond acceptors (Lipinski definition) is 6. The fourth-order valence-corrected chi connectivity index (χ4v) is 7.22. The molecule has 320 valence electrons. The number of rotatable bonds is 12. The van der Waals surface area contributed by atoms with Crippen LogP contribution in [0.25, 0.3) is 0 Å². The molecule has 0 radical (unpaired) electrons. The van der Waals surface area contributed by atoms with Crippen molar-refractivity contribution in [2.75, 3.05) is 6.61 Å². The monoisotopic (exact) mass is 856 g/mol. The highest BCUT2D eigenvalue weighted by atomic mass is 19.4. The Kier molecular flexibility index (Phi) is 12.2. The fourth-order valence-electron chi connectivity index (χ4n) is 7.22. The van der Waals surface area contributed by atoms with Crippen LogP contribution < -0.4 is 26.5 Å². The number of carbonyl (C=O) groups excluding carboxylic acids is 2. The summed E-state index contributed by atoms with van der Waals surface area (Å²) in [6.45, 7) is 3.15. The second-order valence-electron chi connectivity index (χ2n) is 14.8. The molecule has 62 heavy (non-hydrogen) atoms. The summed E-state index contributed by atoms with van der Waals surface area (Å²) in [6, 6.07) is 27.2. The molecule has 10 nitrogen and oxygen atoms in total. The summed E-state index contributed by atoms with van der Waals surface area (Å²) in [6.07, 6.45) is -9.08. The van der Waals surface area contributed by atoms with E-state index in [9.17, 15) is 45.5 Å². The van der Waals surface area contributed by atoms with Crippen molar-refractivity contribution in [1.29, 1.82) is 0 Å². The number of H-pyrrole nitrogens is 2. The normalized spacial score (nSPS) is 13.1. The summed E-state index contributed by atoms with van der Waals surface area (Å²) in [7, 11) is 0. The van der Waals surface area contributed by atoms with Crippen LogP contribution in [0.1, 0.15) is 95.1 Å². The lowest BCUT2D eigenvalue weighted by Gasteiger charge is -2.29. The number of nitrogens with one attached hydrogen (secondary N) is 4. The highest BCUT2D eigenvalue weighted by Gasteiger charge is 2.37. The molecule has 16 heteroatoms. The Hall–Kier alpha value is -6.94. The zero-order chi connectivity index (χ0) is 44.3. The Balaban J connectivity index is 1.04. The highest BCUT2D eigenvalue weighted by molar-refractivity contribution is 5.95. The maximum absolute atomic E-state index is 14.2. The Labute approximate surface area is 349 Å². The number of benzene rings is 4. The zero-order valence-electron chi connectivity index (χ0n) is 33.1. The average Bonchev–Trinajstić information content (AvgIpc) is 3.22. The van der Waals surface area contributed by atoms with Gasteiger partial charge in [0.25, 0.3) is 22.9 Å². The molecule has 0 spiro atoms. The predicted octanol–water partition coefficient (Wildman–Crippen LogP) is 9.01. The number of ether oxygens (including phenoxy) is 2. The van der Waals surface area contributed by atoms with Crippen LogP contribution in [0.15, 0.2) is 119 Å². The lowest BCUT2D eigenvalue weighted by atomic mass is 9.92. The molecule has 4 aromatic carbocycles. The molecule has 0 bridgehead atoms. The van der Waals surface area contributed by atoms with Crippen molar-refractivity contribution >= 4 is 11.8 Å². The van der Waals surface area contributed by atoms with Gasteiger partial charge in [-0.05, 0) is 84.8 Å². The molecule has 1 unspecified atom stereocenters. The lowest BCUT2D eigenvalue weighted by Crippen LogP contribution is -2.35. The first-order valence-electron chi connectivity index (χ1n) is 19.3. The maximum atomic E-state index is 14.2. The molecule has 0 saturated heterocycles. The van der Waals surface area contributed by atoms with Crippen molar-refractivity contribution in [3.63, 3.8) is 0 Å². The molecule has 0 saturated carbocycles. The van der Waals surface area contributed by atoms with Gasteiger partial charge in [0.05, 0.1) is 18.7 Å². The first-order chi connectivity index (χ1) is 29.5. The van der Waals surface area contributed by atoms with Crippen molar-refractivity contribution in [2.24, 2.45) is 0 Å². The van der Waals surface area contributed by atoms with E-state index in [1.54, 1.807) is 83.8 Å². The summed E-state index contributed by atoms with van der Waals surface area (Å²) in [5.41, 5.74) is -1.60. The van der Waals surface area contributed by atoms with Gasteiger partial charge in [0.1, 0.15) is 34.0 Å². The molecule has 1 aliphatic heterocycles. The van der Waals surface area contributed by atoms with Crippen LogP contribution in [-0.4, -0.2) is 28.4 Å². The van der Waals surface area contributed by atoms with Crippen LogP contribution in [0.4, 0.5) is 26.3 Å². The third-order valence-corrected chi connectivity index (χ3v) is 10.3. The van der Waals surface area contributed by atoms with Crippen LogP contribution in [0.2, 0.25) is 0 Å². The number of aromatic nitrogens is 2. The van der Waals surface area contributed by atoms with Crippen molar-refractivity contribution in [3.8, 4) is 11.5 Å². The highest BCUT2D eigenvalue weighted by Crippen LogP contribution is 2.44. The number of amides is 2. The Morgan fingerprint density at radius 2 is 1.35 bits per heavy atom. The van der Waals surface area contributed by atoms with E-state index in [2.05, 4.69) is 10.6 Å².